The highest BCUT2D eigenvalue weighted by atomic mass is 16.6. The Morgan fingerprint density at radius 1 is 0.426 bits per heavy atom. The van der Waals surface area contributed by atoms with Gasteiger partial charge in [-0.15, -0.1) is 0 Å². The lowest BCUT2D eigenvalue weighted by Crippen LogP contribution is -2.30. The van der Waals surface area contributed by atoms with Gasteiger partial charge in [-0.1, -0.05) is 167 Å². The van der Waals surface area contributed by atoms with Gasteiger partial charge in [-0.3, -0.25) is 14.4 Å². The number of hydrogen-bond donors (Lipinski definition) is 0. The molecule has 274 valence electrons. The Hall–Kier alpha value is -2.11. The molecule has 0 aliphatic carbocycles. The summed E-state index contributed by atoms with van der Waals surface area (Å²) in [5, 5.41) is 0. The van der Waals surface area contributed by atoms with Crippen molar-refractivity contribution in [2.75, 3.05) is 13.2 Å². The molecule has 0 N–H and O–H groups in total. The van der Waals surface area contributed by atoms with Crippen molar-refractivity contribution in [2.24, 2.45) is 0 Å². The minimum absolute atomic E-state index is 0.0956. The molecule has 6 heteroatoms. The van der Waals surface area contributed by atoms with Crippen molar-refractivity contribution in [3.05, 3.63) is 24.3 Å². The second-order valence-electron chi connectivity index (χ2n) is 13.2. The van der Waals surface area contributed by atoms with Crippen LogP contribution in [-0.4, -0.2) is 37.2 Å². The van der Waals surface area contributed by atoms with E-state index in [2.05, 4.69) is 32.1 Å². The maximum absolute atomic E-state index is 12.5. The Balaban J connectivity index is 4.09. The van der Waals surface area contributed by atoms with E-state index in [9.17, 15) is 14.4 Å². The van der Waals surface area contributed by atoms with E-state index < -0.39 is 6.10 Å². The van der Waals surface area contributed by atoms with Gasteiger partial charge in [0.2, 0.25) is 0 Å². The van der Waals surface area contributed by atoms with Crippen LogP contribution in [0.2, 0.25) is 0 Å². The summed E-state index contributed by atoms with van der Waals surface area (Å²) in [4.78, 5) is 36.6. The van der Waals surface area contributed by atoms with Crippen LogP contribution in [0.5, 0.6) is 0 Å². The smallest absolute Gasteiger partial charge is 0.306 e. The monoisotopic (exact) mass is 663 g/mol. The van der Waals surface area contributed by atoms with Crippen molar-refractivity contribution in [1.82, 2.24) is 0 Å². The zero-order valence-corrected chi connectivity index (χ0v) is 31.0. The third-order valence-corrected chi connectivity index (χ3v) is 8.44. The lowest BCUT2D eigenvalue weighted by molar-refractivity contribution is -0.166. The van der Waals surface area contributed by atoms with E-state index in [1.165, 1.54) is 116 Å². The van der Waals surface area contributed by atoms with Gasteiger partial charge < -0.3 is 14.2 Å². The highest BCUT2D eigenvalue weighted by Gasteiger charge is 2.19. The van der Waals surface area contributed by atoms with Gasteiger partial charge in [-0.05, 0) is 38.5 Å². The first-order valence-electron chi connectivity index (χ1n) is 19.8. The van der Waals surface area contributed by atoms with E-state index in [0.29, 0.717) is 25.7 Å². The number of hydrogen-bond acceptors (Lipinski definition) is 6. The zero-order chi connectivity index (χ0) is 34.5. The van der Waals surface area contributed by atoms with Gasteiger partial charge in [0.05, 0.1) is 0 Å². The molecule has 0 amide bonds. The Kier molecular flexibility index (Phi) is 35.1. The standard InChI is InChI=1S/C41H74O6/c1-4-7-9-11-13-15-17-19-20-22-23-25-27-29-31-34-40(43)46-37-38(36-45-39(42)33-6-3)47-41(44)35-32-30-28-26-24-21-18-16-14-12-10-8-5-2/h22-23,27,29,38H,4-21,24-26,28,30-37H2,1-3H3. The van der Waals surface area contributed by atoms with Crippen molar-refractivity contribution >= 4 is 17.9 Å². The normalized spacial score (nSPS) is 12.1. The van der Waals surface area contributed by atoms with Crippen LogP contribution in [0.1, 0.15) is 201 Å². The molecule has 0 bridgehead atoms. The van der Waals surface area contributed by atoms with Crippen LogP contribution in [0.3, 0.4) is 0 Å². The van der Waals surface area contributed by atoms with Crippen LogP contribution < -0.4 is 0 Å². The molecule has 0 spiro atoms. The molecule has 0 radical (unpaired) electrons. The molecular weight excluding hydrogens is 588 g/mol. The highest BCUT2D eigenvalue weighted by Crippen LogP contribution is 2.14. The molecule has 1 atom stereocenters. The molecule has 6 nitrogen and oxygen atoms in total. The summed E-state index contributed by atoms with van der Waals surface area (Å²) in [6.45, 7) is 6.22. The molecule has 47 heavy (non-hydrogen) atoms. The summed E-state index contributed by atoms with van der Waals surface area (Å²) in [6, 6.07) is 0. The van der Waals surface area contributed by atoms with Gasteiger partial charge in [-0.25, -0.2) is 0 Å². The number of unbranched alkanes of at least 4 members (excludes halogenated alkanes) is 20. The van der Waals surface area contributed by atoms with Crippen LogP contribution in [0.15, 0.2) is 24.3 Å². The minimum atomic E-state index is -0.782. The number of carbonyl (C=O) groups excluding carboxylic acids is 3. The van der Waals surface area contributed by atoms with Gasteiger partial charge in [0.1, 0.15) is 13.2 Å². The number of carbonyl (C=O) groups is 3. The predicted molar refractivity (Wildman–Crippen MR) is 196 cm³/mol. The lowest BCUT2D eigenvalue weighted by atomic mass is 10.0. The molecule has 0 saturated carbocycles. The fourth-order valence-corrected chi connectivity index (χ4v) is 5.47. The molecule has 0 aromatic rings. The topological polar surface area (TPSA) is 78.9 Å². The van der Waals surface area contributed by atoms with Gasteiger partial charge >= 0.3 is 17.9 Å². The van der Waals surface area contributed by atoms with Crippen molar-refractivity contribution in [3.63, 3.8) is 0 Å². The second kappa shape index (κ2) is 36.7. The average molecular weight is 663 g/mol. The van der Waals surface area contributed by atoms with Crippen molar-refractivity contribution in [1.29, 1.82) is 0 Å². The van der Waals surface area contributed by atoms with E-state index in [1.807, 2.05) is 13.0 Å². The summed E-state index contributed by atoms with van der Waals surface area (Å²) in [5.74, 6) is -1.02. The Morgan fingerprint density at radius 3 is 1.34 bits per heavy atom. The number of rotatable bonds is 35. The van der Waals surface area contributed by atoms with Crippen LogP contribution >= 0.6 is 0 Å². The Bertz CT molecular complexity index is 774. The molecular formula is C41H74O6. The maximum Gasteiger partial charge on any atom is 0.306 e. The summed E-state index contributed by atoms with van der Waals surface area (Å²) in [7, 11) is 0. The highest BCUT2D eigenvalue weighted by molar-refractivity contribution is 5.71. The van der Waals surface area contributed by atoms with Gasteiger partial charge in [0.25, 0.3) is 0 Å². The third kappa shape index (κ3) is 35.0. The second-order valence-corrected chi connectivity index (χ2v) is 13.2. The summed E-state index contributed by atoms with van der Waals surface area (Å²) < 4.78 is 16.2. The average Bonchev–Trinajstić information content (AvgIpc) is 3.06. The predicted octanol–water partition coefficient (Wildman–Crippen LogP) is 12.1. The minimum Gasteiger partial charge on any atom is -0.462 e. The molecule has 0 heterocycles. The van der Waals surface area contributed by atoms with Gasteiger partial charge in [0, 0.05) is 19.3 Å². The first-order valence-corrected chi connectivity index (χ1v) is 19.8. The Morgan fingerprint density at radius 2 is 0.851 bits per heavy atom. The molecule has 0 saturated heterocycles. The fraction of sp³-hybridized carbons (Fsp3) is 0.829. The third-order valence-electron chi connectivity index (χ3n) is 8.44. The van der Waals surface area contributed by atoms with Crippen LogP contribution in [0.25, 0.3) is 0 Å². The summed E-state index contributed by atoms with van der Waals surface area (Å²) in [5.41, 5.74) is 0. The summed E-state index contributed by atoms with van der Waals surface area (Å²) >= 11 is 0. The zero-order valence-electron chi connectivity index (χ0n) is 31.0. The molecule has 0 fully saturated rings. The molecule has 0 aliphatic heterocycles. The SMILES string of the molecule is CCCCCCCCCCC=CCC=CCCC(=O)OCC(COC(=O)CCC)OC(=O)CCCCCCCCCCCCCCC. The molecule has 0 aromatic heterocycles. The summed E-state index contributed by atoms with van der Waals surface area (Å²) in [6.07, 6.45) is 38.8. The largest absolute Gasteiger partial charge is 0.462 e. The number of ether oxygens (including phenoxy) is 3. The molecule has 0 aromatic carbocycles. The number of esters is 3. The Labute approximate surface area is 290 Å². The quantitative estimate of drug-likeness (QED) is 0.0291. The van der Waals surface area contributed by atoms with E-state index in [0.717, 1.165) is 32.1 Å². The molecule has 1 unspecified atom stereocenters. The first-order chi connectivity index (χ1) is 23.0. The van der Waals surface area contributed by atoms with E-state index in [-0.39, 0.29) is 37.5 Å². The maximum atomic E-state index is 12.5. The first kappa shape index (κ1) is 44.9. The van der Waals surface area contributed by atoms with E-state index >= 15 is 0 Å². The van der Waals surface area contributed by atoms with Gasteiger partial charge in [0.15, 0.2) is 6.10 Å². The number of allylic oxidation sites excluding steroid dienone is 4. The van der Waals surface area contributed by atoms with Crippen LogP contribution in [-0.2, 0) is 28.6 Å². The van der Waals surface area contributed by atoms with Crippen LogP contribution in [0, 0.1) is 0 Å². The van der Waals surface area contributed by atoms with E-state index in [4.69, 9.17) is 14.2 Å². The molecule has 0 aliphatic rings. The van der Waals surface area contributed by atoms with Crippen molar-refractivity contribution in [3.8, 4) is 0 Å². The van der Waals surface area contributed by atoms with Crippen molar-refractivity contribution in [2.45, 2.75) is 207 Å². The molecule has 0 rings (SSSR count). The van der Waals surface area contributed by atoms with Gasteiger partial charge in [-0.2, -0.15) is 0 Å². The van der Waals surface area contributed by atoms with Crippen molar-refractivity contribution < 1.29 is 28.6 Å². The lowest BCUT2D eigenvalue weighted by Gasteiger charge is -2.18. The fourth-order valence-electron chi connectivity index (χ4n) is 5.47. The van der Waals surface area contributed by atoms with E-state index in [1.54, 1.807) is 0 Å². The van der Waals surface area contributed by atoms with Crippen LogP contribution in [0.4, 0.5) is 0 Å².